The van der Waals surface area contributed by atoms with Gasteiger partial charge in [-0.1, -0.05) is 31.8 Å². The Morgan fingerprint density at radius 3 is 2.46 bits per heavy atom. The number of amidine groups is 1. The number of aliphatic hydroxyl groups is 2. The van der Waals surface area contributed by atoms with Crippen LogP contribution in [0.25, 0.3) is 0 Å². The van der Waals surface area contributed by atoms with Crippen molar-refractivity contribution >= 4 is 21.7 Å². The van der Waals surface area contributed by atoms with Crippen LogP contribution in [0.4, 0.5) is 0 Å². The Morgan fingerprint density at radius 1 is 1.21 bits per heavy atom. The summed E-state index contributed by atoms with van der Waals surface area (Å²) in [6.45, 7) is 4.87. The summed E-state index contributed by atoms with van der Waals surface area (Å²) in [7, 11) is -4.29. The molecule has 0 aromatic rings. The number of rotatable bonds is 16. The normalized spacial score (nSPS) is 15.9. The molecule has 1 aliphatic heterocycles. The predicted molar refractivity (Wildman–Crippen MR) is 108 cm³/mol. The molecule has 0 aromatic heterocycles. The van der Waals surface area contributed by atoms with Gasteiger partial charge in [0.1, 0.15) is 38.0 Å². The molecule has 0 saturated carbocycles. The number of carbonyl (C=O) groups is 1. The maximum Gasteiger partial charge on any atom is 0.316 e. The summed E-state index contributed by atoms with van der Waals surface area (Å²) in [4.78, 5) is 14.5. The number of Topliss-reactive ketones (excluding diaryl/α,β-unsaturated/α-hetero) is 1. The largest absolute Gasteiger partial charge is 0.392 e. The second-order valence-electron chi connectivity index (χ2n) is 7.25. The molecule has 3 N–H and O–H groups in total. The molecule has 0 saturated heterocycles. The molecule has 8 nitrogen and oxygen atoms in total. The minimum absolute atomic E-state index is 0.0495. The first-order valence-electron chi connectivity index (χ1n) is 10.0. The zero-order valence-electron chi connectivity index (χ0n) is 16.6. The van der Waals surface area contributed by atoms with Gasteiger partial charge in [-0.3, -0.25) is 18.8 Å². The molecule has 1 rings (SSSR count). The quantitative estimate of drug-likeness (QED) is 0.147. The molecule has 0 aliphatic carbocycles. The fourth-order valence-corrected chi connectivity index (χ4v) is 4.06. The molecule has 162 valence electrons. The number of carbonyl (C=O) groups excluding carboxylic acids is 1. The third kappa shape index (κ3) is 9.77. The predicted octanol–water partition coefficient (Wildman–Crippen LogP) is 0.830. The van der Waals surface area contributed by atoms with Crippen molar-refractivity contribution in [3.05, 3.63) is 12.7 Å². The molecular formula is C19H35N2O6S+. The second-order valence-corrected chi connectivity index (χ2v) is 8.75. The van der Waals surface area contributed by atoms with Gasteiger partial charge in [-0.2, -0.15) is 8.42 Å². The molecular weight excluding hydrogens is 384 g/mol. The van der Waals surface area contributed by atoms with E-state index in [1.165, 1.54) is 6.42 Å². The number of hydrogen-bond acceptors (Lipinski definition) is 6. The Morgan fingerprint density at radius 2 is 1.86 bits per heavy atom. The number of ketones is 1. The van der Waals surface area contributed by atoms with Crippen molar-refractivity contribution in [3.63, 3.8) is 0 Å². The Labute approximate surface area is 168 Å². The van der Waals surface area contributed by atoms with Crippen molar-refractivity contribution in [1.82, 2.24) is 4.90 Å². The molecule has 0 spiro atoms. The molecule has 1 unspecified atom stereocenters. The van der Waals surface area contributed by atoms with Crippen LogP contribution in [-0.4, -0.2) is 88.9 Å². The Bertz CT molecular complexity index is 632. The summed E-state index contributed by atoms with van der Waals surface area (Å²) in [6.07, 6.45) is 8.34. The lowest BCUT2D eigenvalue weighted by molar-refractivity contribution is -0.525. The second kappa shape index (κ2) is 13.0. The van der Waals surface area contributed by atoms with E-state index in [0.717, 1.165) is 38.5 Å². The van der Waals surface area contributed by atoms with E-state index in [1.807, 2.05) is 6.08 Å². The van der Waals surface area contributed by atoms with Gasteiger partial charge in [0.2, 0.25) is 5.78 Å². The average molecular weight is 420 g/mol. The zero-order valence-corrected chi connectivity index (χ0v) is 17.4. The van der Waals surface area contributed by atoms with Crippen LogP contribution in [0.1, 0.15) is 51.4 Å². The first-order valence-corrected chi connectivity index (χ1v) is 11.6. The van der Waals surface area contributed by atoms with Crippen LogP contribution < -0.4 is 0 Å². The van der Waals surface area contributed by atoms with E-state index in [9.17, 15) is 23.4 Å². The van der Waals surface area contributed by atoms with Gasteiger partial charge in [0, 0.05) is 6.42 Å². The van der Waals surface area contributed by atoms with Gasteiger partial charge in [0.25, 0.3) is 10.1 Å². The zero-order chi connectivity index (χ0) is 21.0. The molecule has 0 bridgehead atoms. The smallest absolute Gasteiger partial charge is 0.316 e. The lowest BCUT2D eigenvalue weighted by Crippen LogP contribution is -2.40. The highest BCUT2D eigenvalue weighted by Crippen LogP contribution is 2.12. The monoisotopic (exact) mass is 419 g/mol. The van der Waals surface area contributed by atoms with Gasteiger partial charge in [0.05, 0.1) is 6.61 Å². The Kier molecular flexibility index (Phi) is 11.5. The fraction of sp³-hybridized carbons (Fsp3) is 0.789. The maximum absolute atomic E-state index is 12.7. The van der Waals surface area contributed by atoms with Gasteiger partial charge >= 0.3 is 5.84 Å². The van der Waals surface area contributed by atoms with Crippen molar-refractivity contribution in [1.29, 1.82) is 0 Å². The van der Waals surface area contributed by atoms with Crippen molar-refractivity contribution in [2.45, 2.75) is 57.5 Å². The summed E-state index contributed by atoms with van der Waals surface area (Å²) >= 11 is 0. The van der Waals surface area contributed by atoms with E-state index in [0.29, 0.717) is 31.9 Å². The topological polar surface area (TPSA) is 118 Å². The summed E-state index contributed by atoms with van der Waals surface area (Å²) in [5.41, 5.74) is 0. The van der Waals surface area contributed by atoms with Crippen molar-refractivity contribution < 1.29 is 32.6 Å². The SMILES string of the molecule is C=CCCCCCCCCC(=O)C1=[N+](CC(O)CS(=O)(=O)O)CCN1CCO. The van der Waals surface area contributed by atoms with Crippen molar-refractivity contribution in [2.75, 3.05) is 38.5 Å². The Balaban J connectivity index is 2.57. The molecule has 9 heteroatoms. The van der Waals surface area contributed by atoms with Crippen LogP contribution in [0.5, 0.6) is 0 Å². The van der Waals surface area contributed by atoms with E-state index in [2.05, 4.69) is 6.58 Å². The van der Waals surface area contributed by atoms with Crippen LogP contribution in [0, 0.1) is 0 Å². The van der Waals surface area contributed by atoms with Gasteiger partial charge < -0.3 is 10.2 Å². The summed E-state index contributed by atoms with van der Waals surface area (Å²) in [5, 5.41) is 19.1. The van der Waals surface area contributed by atoms with Crippen molar-refractivity contribution in [3.8, 4) is 0 Å². The number of hydrogen-bond donors (Lipinski definition) is 3. The molecule has 0 aromatic carbocycles. The molecule has 1 heterocycles. The first-order chi connectivity index (χ1) is 13.3. The van der Waals surface area contributed by atoms with Crippen LogP contribution >= 0.6 is 0 Å². The van der Waals surface area contributed by atoms with E-state index in [4.69, 9.17) is 4.55 Å². The molecule has 0 amide bonds. The number of unbranched alkanes of at least 4 members (excludes halogenated alkanes) is 6. The third-order valence-electron chi connectivity index (χ3n) is 4.75. The van der Waals surface area contributed by atoms with E-state index < -0.39 is 22.0 Å². The van der Waals surface area contributed by atoms with E-state index in [-0.39, 0.29) is 18.9 Å². The van der Waals surface area contributed by atoms with Gasteiger partial charge in [0.15, 0.2) is 0 Å². The first kappa shape index (κ1) is 24.7. The molecule has 0 radical (unpaired) electrons. The molecule has 0 fully saturated rings. The summed E-state index contributed by atoms with van der Waals surface area (Å²) in [6, 6.07) is 0. The number of aliphatic hydroxyl groups excluding tert-OH is 2. The number of nitrogens with zero attached hydrogens (tertiary/aromatic N) is 2. The van der Waals surface area contributed by atoms with Gasteiger partial charge in [-0.15, -0.1) is 6.58 Å². The van der Waals surface area contributed by atoms with Gasteiger partial charge in [-0.25, -0.2) is 0 Å². The van der Waals surface area contributed by atoms with E-state index in [1.54, 1.807) is 9.48 Å². The fourth-order valence-electron chi connectivity index (χ4n) is 3.47. The van der Waals surface area contributed by atoms with Crippen molar-refractivity contribution in [2.24, 2.45) is 0 Å². The minimum Gasteiger partial charge on any atom is -0.392 e. The van der Waals surface area contributed by atoms with Crippen LogP contribution in [-0.2, 0) is 14.9 Å². The molecule has 1 aliphatic rings. The third-order valence-corrected chi connectivity index (χ3v) is 5.56. The summed E-state index contributed by atoms with van der Waals surface area (Å²) < 4.78 is 32.4. The highest BCUT2D eigenvalue weighted by Gasteiger charge is 2.36. The van der Waals surface area contributed by atoms with Crippen LogP contribution in [0.2, 0.25) is 0 Å². The minimum atomic E-state index is -4.29. The average Bonchev–Trinajstić information content (AvgIpc) is 2.98. The van der Waals surface area contributed by atoms with Crippen LogP contribution in [0.3, 0.4) is 0 Å². The highest BCUT2D eigenvalue weighted by molar-refractivity contribution is 7.85. The van der Waals surface area contributed by atoms with Crippen LogP contribution in [0.15, 0.2) is 12.7 Å². The molecule has 1 atom stereocenters. The lowest BCUT2D eigenvalue weighted by Gasteiger charge is -2.13. The number of β-amino-alcohol motifs (C(OH)–C–C–N with tert-alkyl or cyclic N) is 2. The lowest BCUT2D eigenvalue weighted by atomic mass is 10.1. The standard InChI is InChI=1S/C19H34N2O6S/c1-2-3-4-5-6-7-8-9-10-18(24)19-20(13-14-22)11-12-21(19)15-17(23)16-28(25,26)27/h2,17,22-23H,1,3-16H2/p+1. The maximum atomic E-state index is 12.7. The summed E-state index contributed by atoms with van der Waals surface area (Å²) in [5.74, 6) is -0.400. The highest BCUT2D eigenvalue weighted by atomic mass is 32.2. The van der Waals surface area contributed by atoms with Gasteiger partial charge in [-0.05, 0) is 19.3 Å². The Hall–Kier alpha value is -1.29. The number of allylic oxidation sites excluding steroid dienone is 1. The molecule has 28 heavy (non-hydrogen) atoms. The van der Waals surface area contributed by atoms with E-state index >= 15 is 0 Å².